The lowest BCUT2D eigenvalue weighted by Crippen LogP contribution is -2.45. The summed E-state index contributed by atoms with van der Waals surface area (Å²) < 4.78 is 7.15. The Bertz CT molecular complexity index is 948. The first-order valence-electron chi connectivity index (χ1n) is 10.0. The number of alkyl carbamates (subject to hydrolysis) is 1. The Hall–Kier alpha value is -2.83. The van der Waals surface area contributed by atoms with Crippen molar-refractivity contribution in [2.45, 2.75) is 66.2 Å². The molecule has 0 saturated carbocycles. The molecular weight excluding hydrogens is 368 g/mol. The summed E-state index contributed by atoms with van der Waals surface area (Å²) in [6.07, 6.45) is -0.0244. The summed E-state index contributed by atoms with van der Waals surface area (Å²) in [6, 6.07) is 5.79. The molecule has 2 aromatic rings. The van der Waals surface area contributed by atoms with E-state index in [1.54, 1.807) is 11.8 Å². The summed E-state index contributed by atoms with van der Waals surface area (Å²) in [4.78, 5) is 26.4. The largest absolute Gasteiger partial charge is 0.447 e. The minimum atomic E-state index is -0.446. The average molecular weight is 399 g/mol. The molecule has 7 heteroatoms. The van der Waals surface area contributed by atoms with E-state index in [0.717, 1.165) is 33.8 Å². The molecule has 1 aliphatic heterocycles. The van der Waals surface area contributed by atoms with Crippen LogP contribution in [0.1, 0.15) is 57.1 Å². The highest BCUT2D eigenvalue weighted by molar-refractivity contribution is 5.94. The van der Waals surface area contributed by atoms with Gasteiger partial charge in [0.25, 0.3) is 0 Å². The van der Waals surface area contributed by atoms with Gasteiger partial charge >= 0.3 is 6.09 Å². The van der Waals surface area contributed by atoms with Crippen LogP contribution in [-0.2, 0) is 16.6 Å². The molecule has 0 saturated heterocycles. The van der Waals surface area contributed by atoms with Gasteiger partial charge < -0.3 is 15.0 Å². The van der Waals surface area contributed by atoms with Crippen LogP contribution in [0.2, 0.25) is 0 Å². The van der Waals surface area contributed by atoms with Crippen LogP contribution in [0.15, 0.2) is 18.2 Å². The zero-order chi connectivity index (χ0) is 21.5. The van der Waals surface area contributed by atoms with Crippen LogP contribution < -0.4 is 10.2 Å². The van der Waals surface area contributed by atoms with Crippen molar-refractivity contribution in [2.75, 3.05) is 4.90 Å². The molecule has 29 heavy (non-hydrogen) atoms. The minimum absolute atomic E-state index is 0.0107. The first-order chi connectivity index (χ1) is 13.6. The van der Waals surface area contributed by atoms with Gasteiger partial charge in [-0.1, -0.05) is 6.07 Å². The van der Waals surface area contributed by atoms with Crippen molar-refractivity contribution in [1.82, 2.24) is 15.1 Å². The predicted molar refractivity (Wildman–Crippen MR) is 113 cm³/mol. The van der Waals surface area contributed by atoms with Crippen LogP contribution in [0.5, 0.6) is 0 Å². The maximum atomic E-state index is 12.3. The number of carbonyl (C=O) groups excluding carboxylic acids is 2. The van der Waals surface area contributed by atoms with E-state index < -0.39 is 6.09 Å². The highest BCUT2D eigenvalue weighted by Crippen LogP contribution is 2.40. The van der Waals surface area contributed by atoms with Gasteiger partial charge in [-0.15, -0.1) is 0 Å². The maximum Gasteiger partial charge on any atom is 0.407 e. The molecule has 0 radical (unpaired) electrons. The standard InChI is InChI=1S/C22H30N4O3/c1-12(2)29-22(28)23-19-10-13(3)26(16(6)27)20-9-8-17(11-18(19)20)21-14(4)24-25(7)15(21)5/h8-9,11-13,19H,10H2,1-7H3,(H,23,28). The van der Waals surface area contributed by atoms with Crippen molar-refractivity contribution in [3.63, 3.8) is 0 Å². The molecule has 3 rings (SSSR count). The van der Waals surface area contributed by atoms with Crippen molar-refractivity contribution in [3.05, 3.63) is 35.2 Å². The Morgan fingerprint density at radius 1 is 1.28 bits per heavy atom. The van der Waals surface area contributed by atoms with E-state index in [4.69, 9.17) is 4.74 Å². The first-order valence-corrected chi connectivity index (χ1v) is 10.0. The summed E-state index contributed by atoms with van der Waals surface area (Å²) in [7, 11) is 1.93. The molecule has 2 atom stereocenters. The molecule has 0 fully saturated rings. The second-order valence-electron chi connectivity index (χ2n) is 8.07. The fourth-order valence-corrected chi connectivity index (χ4v) is 4.22. The lowest BCUT2D eigenvalue weighted by molar-refractivity contribution is -0.117. The molecule has 1 aliphatic rings. The molecule has 0 spiro atoms. The smallest absolute Gasteiger partial charge is 0.407 e. The molecule has 2 amide bonds. The third kappa shape index (κ3) is 3.99. The molecule has 1 N–H and O–H groups in total. The second kappa shape index (κ2) is 7.89. The molecule has 7 nitrogen and oxygen atoms in total. The number of aromatic nitrogens is 2. The number of nitrogens with zero attached hydrogens (tertiary/aromatic N) is 3. The fraction of sp³-hybridized carbons (Fsp3) is 0.500. The summed E-state index contributed by atoms with van der Waals surface area (Å²) in [5.74, 6) is -0.0107. The van der Waals surface area contributed by atoms with Gasteiger partial charge in [0.2, 0.25) is 5.91 Å². The van der Waals surface area contributed by atoms with Gasteiger partial charge in [0.15, 0.2) is 0 Å². The topological polar surface area (TPSA) is 76.5 Å². The van der Waals surface area contributed by atoms with Crippen LogP contribution in [0.3, 0.4) is 0 Å². The molecule has 2 unspecified atom stereocenters. The number of aryl methyl sites for hydroxylation is 2. The number of anilines is 1. The Morgan fingerprint density at radius 3 is 2.52 bits per heavy atom. The Labute approximate surface area is 172 Å². The SMILES string of the molecule is CC(=O)N1c2ccc(-c3c(C)nn(C)c3C)cc2C(NC(=O)OC(C)C)CC1C. The lowest BCUT2D eigenvalue weighted by Gasteiger charge is -2.39. The van der Waals surface area contributed by atoms with E-state index in [1.807, 2.05) is 58.5 Å². The number of nitrogens with one attached hydrogen (secondary N) is 1. The monoisotopic (exact) mass is 398 g/mol. The van der Waals surface area contributed by atoms with Crippen molar-refractivity contribution in [3.8, 4) is 11.1 Å². The Morgan fingerprint density at radius 2 is 1.97 bits per heavy atom. The number of rotatable bonds is 3. The lowest BCUT2D eigenvalue weighted by atomic mass is 9.89. The van der Waals surface area contributed by atoms with Gasteiger partial charge in [0.1, 0.15) is 0 Å². The van der Waals surface area contributed by atoms with E-state index in [-0.39, 0.29) is 24.1 Å². The van der Waals surface area contributed by atoms with Crippen molar-refractivity contribution < 1.29 is 14.3 Å². The second-order valence-corrected chi connectivity index (χ2v) is 8.07. The van der Waals surface area contributed by atoms with Crippen molar-refractivity contribution in [2.24, 2.45) is 7.05 Å². The molecule has 0 bridgehead atoms. The van der Waals surface area contributed by atoms with Crippen LogP contribution in [0.25, 0.3) is 11.1 Å². The summed E-state index contributed by atoms with van der Waals surface area (Å²) in [5.41, 5.74) is 5.86. The number of hydrogen-bond acceptors (Lipinski definition) is 4. The van der Waals surface area contributed by atoms with Crippen LogP contribution in [0.4, 0.5) is 10.5 Å². The summed E-state index contributed by atoms with van der Waals surface area (Å²) in [5, 5.41) is 7.51. The number of hydrogen-bond donors (Lipinski definition) is 1. The predicted octanol–water partition coefficient (Wildman–Crippen LogP) is 4.02. The molecular formula is C22H30N4O3. The van der Waals surface area contributed by atoms with E-state index >= 15 is 0 Å². The van der Waals surface area contributed by atoms with Gasteiger partial charge in [0, 0.05) is 37.0 Å². The first kappa shape index (κ1) is 20.9. The summed E-state index contributed by atoms with van der Waals surface area (Å²) in [6.45, 7) is 11.2. The number of benzene rings is 1. The van der Waals surface area contributed by atoms with E-state index in [2.05, 4.69) is 16.5 Å². The van der Waals surface area contributed by atoms with Gasteiger partial charge in [0.05, 0.1) is 17.8 Å². The molecule has 0 aliphatic carbocycles. The van der Waals surface area contributed by atoms with Gasteiger partial charge in [-0.25, -0.2) is 4.79 Å². The quantitative estimate of drug-likeness (QED) is 0.847. The molecule has 1 aromatic carbocycles. The van der Waals surface area contributed by atoms with E-state index in [1.165, 1.54) is 0 Å². The van der Waals surface area contributed by atoms with Crippen molar-refractivity contribution >= 4 is 17.7 Å². The number of ether oxygens (including phenoxy) is 1. The Kier molecular flexibility index (Phi) is 5.68. The number of fused-ring (bicyclic) bond motifs is 1. The van der Waals surface area contributed by atoms with Crippen LogP contribution in [-0.4, -0.2) is 33.9 Å². The van der Waals surface area contributed by atoms with Gasteiger partial charge in [-0.2, -0.15) is 5.10 Å². The Balaban J connectivity index is 2.08. The zero-order valence-corrected chi connectivity index (χ0v) is 18.2. The van der Waals surface area contributed by atoms with Crippen LogP contribution >= 0.6 is 0 Å². The number of carbonyl (C=O) groups is 2. The maximum absolute atomic E-state index is 12.3. The normalized spacial score (nSPS) is 18.6. The molecule has 2 heterocycles. The zero-order valence-electron chi connectivity index (χ0n) is 18.2. The van der Waals surface area contributed by atoms with Gasteiger partial charge in [-0.05, 0) is 64.3 Å². The van der Waals surface area contributed by atoms with Gasteiger partial charge in [-0.3, -0.25) is 9.48 Å². The summed E-state index contributed by atoms with van der Waals surface area (Å²) >= 11 is 0. The third-order valence-corrected chi connectivity index (χ3v) is 5.45. The van der Waals surface area contributed by atoms with E-state index in [0.29, 0.717) is 6.42 Å². The minimum Gasteiger partial charge on any atom is -0.447 e. The highest BCUT2D eigenvalue weighted by Gasteiger charge is 2.34. The van der Waals surface area contributed by atoms with Crippen molar-refractivity contribution in [1.29, 1.82) is 0 Å². The molecule has 156 valence electrons. The fourth-order valence-electron chi connectivity index (χ4n) is 4.22. The average Bonchev–Trinajstić information content (AvgIpc) is 2.85. The highest BCUT2D eigenvalue weighted by atomic mass is 16.6. The van der Waals surface area contributed by atoms with E-state index in [9.17, 15) is 9.59 Å². The number of amides is 2. The molecule has 1 aromatic heterocycles. The third-order valence-electron chi connectivity index (χ3n) is 5.45. The van der Waals surface area contributed by atoms with Crippen LogP contribution in [0, 0.1) is 13.8 Å².